The summed E-state index contributed by atoms with van der Waals surface area (Å²) in [5, 5.41) is 7.53. The van der Waals surface area contributed by atoms with Crippen LogP contribution in [0.3, 0.4) is 0 Å². The third-order valence-corrected chi connectivity index (χ3v) is 12.1. The summed E-state index contributed by atoms with van der Waals surface area (Å²) in [5.41, 5.74) is 11.8. The van der Waals surface area contributed by atoms with Crippen molar-refractivity contribution in [1.29, 1.82) is 0 Å². The van der Waals surface area contributed by atoms with Crippen LogP contribution in [0.15, 0.2) is 206 Å². The van der Waals surface area contributed by atoms with Gasteiger partial charge in [-0.05, 0) is 76.5 Å². The highest BCUT2D eigenvalue weighted by atomic mass is 32.1. The van der Waals surface area contributed by atoms with Gasteiger partial charge in [-0.2, -0.15) is 0 Å². The SMILES string of the molecule is c1ccc(-c2ccccc2N(c2ccc(-c3c(-n4c5ccccc5c5ccccc54)ccc4ccccc34)cc2)c2cccc3sc4ccccc4c23)cc1. The highest BCUT2D eigenvalue weighted by molar-refractivity contribution is 7.26. The molecule has 0 aliphatic carbocycles. The summed E-state index contributed by atoms with van der Waals surface area (Å²) in [6, 6.07) is 75.2. The van der Waals surface area contributed by atoms with E-state index in [0.29, 0.717) is 0 Å². The van der Waals surface area contributed by atoms with Crippen molar-refractivity contribution in [2.24, 2.45) is 0 Å². The molecule has 0 saturated heterocycles. The summed E-state index contributed by atoms with van der Waals surface area (Å²) >= 11 is 1.86. The lowest BCUT2D eigenvalue weighted by atomic mass is 9.95. The van der Waals surface area contributed by atoms with E-state index in [1.807, 2.05) is 11.3 Å². The van der Waals surface area contributed by atoms with E-state index in [-0.39, 0.29) is 0 Å². The minimum absolute atomic E-state index is 1.11. The number of hydrogen-bond donors (Lipinski definition) is 0. The molecule has 0 spiro atoms. The second-order valence-electron chi connectivity index (χ2n) is 14.1. The predicted molar refractivity (Wildman–Crippen MR) is 237 cm³/mol. The molecule has 2 aromatic heterocycles. The summed E-state index contributed by atoms with van der Waals surface area (Å²) in [6.45, 7) is 0. The first-order chi connectivity index (χ1) is 27.3. The Hall–Kier alpha value is -6.94. The number of aromatic nitrogens is 1. The van der Waals surface area contributed by atoms with Crippen molar-refractivity contribution in [2.45, 2.75) is 0 Å². The molecule has 3 heteroatoms. The zero-order valence-corrected chi connectivity index (χ0v) is 30.7. The Balaban J connectivity index is 1.16. The van der Waals surface area contributed by atoms with Crippen molar-refractivity contribution < 1.29 is 0 Å². The van der Waals surface area contributed by atoms with E-state index in [9.17, 15) is 0 Å². The first kappa shape index (κ1) is 31.6. The predicted octanol–water partition coefficient (Wildman–Crippen LogP) is 15.1. The van der Waals surface area contributed by atoms with Crippen LogP contribution in [-0.4, -0.2) is 4.57 Å². The largest absolute Gasteiger partial charge is 0.309 e. The van der Waals surface area contributed by atoms with E-state index in [1.54, 1.807) is 0 Å². The zero-order chi connectivity index (χ0) is 36.3. The fraction of sp³-hybridized carbons (Fsp3) is 0. The van der Waals surface area contributed by atoms with Crippen molar-refractivity contribution in [1.82, 2.24) is 4.57 Å². The van der Waals surface area contributed by atoms with Crippen molar-refractivity contribution in [3.8, 4) is 27.9 Å². The van der Waals surface area contributed by atoms with Gasteiger partial charge in [-0.3, -0.25) is 0 Å². The lowest BCUT2D eigenvalue weighted by Gasteiger charge is -2.29. The Bertz CT molecular complexity index is 3150. The van der Waals surface area contributed by atoms with Crippen LogP contribution in [0.25, 0.3) is 80.7 Å². The molecule has 0 bridgehead atoms. The highest BCUT2D eigenvalue weighted by Crippen LogP contribution is 2.48. The van der Waals surface area contributed by atoms with Crippen LogP contribution in [0.2, 0.25) is 0 Å². The van der Waals surface area contributed by atoms with Crippen molar-refractivity contribution >= 4 is 81.1 Å². The Kier molecular flexibility index (Phi) is 7.39. The Labute approximate surface area is 323 Å². The summed E-state index contributed by atoms with van der Waals surface area (Å²) < 4.78 is 5.03. The zero-order valence-electron chi connectivity index (χ0n) is 29.9. The highest BCUT2D eigenvalue weighted by Gasteiger charge is 2.22. The molecule has 9 aromatic carbocycles. The van der Waals surface area contributed by atoms with Gasteiger partial charge in [0, 0.05) is 47.8 Å². The molecule has 0 fully saturated rings. The van der Waals surface area contributed by atoms with Gasteiger partial charge < -0.3 is 9.47 Å². The molecule has 0 saturated carbocycles. The number of hydrogen-bond acceptors (Lipinski definition) is 2. The Morgan fingerprint density at radius 2 is 0.982 bits per heavy atom. The molecule has 0 N–H and O–H groups in total. The van der Waals surface area contributed by atoms with Gasteiger partial charge >= 0.3 is 0 Å². The smallest absolute Gasteiger partial charge is 0.0555 e. The van der Waals surface area contributed by atoms with Gasteiger partial charge in [0.05, 0.1) is 28.1 Å². The van der Waals surface area contributed by atoms with E-state index in [2.05, 4.69) is 216 Å². The molecule has 0 aliphatic heterocycles. The van der Waals surface area contributed by atoms with Crippen LogP contribution in [0, 0.1) is 0 Å². The number of benzene rings is 9. The first-order valence-corrected chi connectivity index (χ1v) is 19.6. The molecule has 258 valence electrons. The molecule has 0 atom stereocenters. The molecule has 11 rings (SSSR count). The Morgan fingerprint density at radius 3 is 1.76 bits per heavy atom. The molecule has 0 aliphatic rings. The summed E-state index contributed by atoms with van der Waals surface area (Å²) in [4.78, 5) is 2.46. The minimum Gasteiger partial charge on any atom is -0.309 e. The number of nitrogens with zero attached hydrogens (tertiary/aromatic N) is 2. The van der Waals surface area contributed by atoms with Gasteiger partial charge in [0.2, 0.25) is 0 Å². The molecule has 55 heavy (non-hydrogen) atoms. The van der Waals surface area contributed by atoms with Crippen LogP contribution in [0.5, 0.6) is 0 Å². The van der Waals surface area contributed by atoms with Gasteiger partial charge in [-0.15, -0.1) is 11.3 Å². The van der Waals surface area contributed by atoms with Gasteiger partial charge in [-0.1, -0.05) is 152 Å². The summed E-state index contributed by atoms with van der Waals surface area (Å²) in [5.74, 6) is 0. The minimum atomic E-state index is 1.11. The summed E-state index contributed by atoms with van der Waals surface area (Å²) in [7, 11) is 0. The van der Waals surface area contributed by atoms with Gasteiger partial charge in [-0.25, -0.2) is 0 Å². The standard InChI is InChI=1S/C52H34N2S/c1-2-15-35(16-3-1)39-18-6-10-23-44(39)53(47-26-14-28-50-52(47)43-22-9-13-27-49(43)55-50)38-32-29-37(30-33-38)51-40-19-5-4-17-36(40)31-34-48(51)54-45-24-11-7-20-41(45)42-21-8-12-25-46(42)54/h1-34H. The van der Waals surface area contributed by atoms with Crippen LogP contribution < -0.4 is 4.90 Å². The van der Waals surface area contributed by atoms with E-state index < -0.39 is 0 Å². The lowest BCUT2D eigenvalue weighted by molar-refractivity contribution is 1.19. The van der Waals surface area contributed by atoms with Crippen LogP contribution in [-0.2, 0) is 0 Å². The van der Waals surface area contributed by atoms with Crippen molar-refractivity contribution in [3.63, 3.8) is 0 Å². The maximum absolute atomic E-state index is 2.46. The Morgan fingerprint density at radius 1 is 0.382 bits per heavy atom. The normalized spacial score (nSPS) is 11.6. The third-order valence-electron chi connectivity index (χ3n) is 11.0. The average molecular weight is 719 g/mol. The van der Waals surface area contributed by atoms with Crippen molar-refractivity contribution in [3.05, 3.63) is 206 Å². The maximum Gasteiger partial charge on any atom is 0.0555 e. The lowest BCUT2D eigenvalue weighted by Crippen LogP contribution is -2.11. The van der Waals surface area contributed by atoms with Gasteiger partial charge in [0.15, 0.2) is 0 Å². The number of anilines is 3. The van der Waals surface area contributed by atoms with Gasteiger partial charge in [0.25, 0.3) is 0 Å². The maximum atomic E-state index is 2.46. The summed E-state index contributed by atoms with van der Waals surface area (Å²) in [6.07, 6.45) is 0. The van der Waals surface area contributed by atoms with Crippen LogP contribution in [0.4, 0.5) is 17.1 Å². The third kappa shape index (κ3) is 5.09. The fourth-order valence-electron chi connectivity index (χ4n) is 8.59. The number of para-hydroxylation sites is 3. The average Bonchev–Trinajstić information content (AvgIpc) is 3.81. The van der Waals surface area contributed by atoms with Gasteiger partial charge in [0.1, 0.15) is 0 Å². The molecule has 0 radical (unpaired) electrons. The van der Waals surface area contributed by atoms with E-state index in [4.69, 9.17) is 0 Å². The molecule has 0 amide bonds. The number of rotatable bonds is 6. The fourth-order valence-corrected chi connectivity index (χ4v) is 9.72. The van der Waals surface area contributed by atoms with Crippen molar-refractivity contribution in [2.75, 3.05) is 4.90 Å². The molecule has 11 aromatic rings. The number of fused-ring (bicyclic) bond motifs is 7. The molecular weight excluding hydrogens is 685 g/mol. The van der Waals surface area contributed by atoms with E-state index in [1.165, 1.54) is 86.4 Å². The molecule has 2 nitrogen and oxygen atoms in total. The first-order valence-electron chi connectivity index (χ1n) is 18.8. The van der Waals surface area contributed by atoms with E-state index in [0.717, 1.165) is 11.4 Å². The molecular formula is C52H34N2S. The monoisotopic (exact) mass is 718 g/mol. The topological polar surface area (TPSA) is 8.17 Å². The molecule has 0 unspecified atom stereocenters. The second-order valence-corrected chi connectivity index (χ2v) is 15.1. The molecule has 2 heterocycles. The van der Waals surface area contributed by atoms with E-state index >= 15 is 0 Å². The number of thiophene rings is 1. The second kappa shape index (κ2) is 12.9. The quantitative estimate of drug-likeness (QED) is 0.166. The van der Waals surface area contributed by atoms with Crippen LogP contribution >= 0.6 is 11.3 Å². The van der Waals surface area contributed by atoms with Crippen LogP contribution in [0.1, 0.15) is 0 Å².